The highest BCUT2D eigenvalue weighted by atomic mass is 16.5. The van der Waals surface area contributed by atoms with E-state index in [-0.39, 0.29) is 6.61 Å². The first-order valence-corrected chi connectivity index (χ1v) is 6.75. The molecule has 1 fully saturated rings. The first-order chi connectivity index (χ1) is 9.26. The molecule has 1 aliphatic rings. The second-order valence-corrected chi connectivity index (χ2v) is 5.01. The van der Waals surface area contributed by atoms with E-state index in [2.05, 4.69) is 15.3 Å². The number of nitrogens with one attached hydrogen (secondary N) is 1. The van der Waals surface area contributed by atoms with E-state index in [4.69, 9.17) is 10.5 Å². The van der Waals surface area contributed by atoms with Crippen molar-refractivity contribution in [1.29, 1.82) is 0 Å². The lowest BCUT2D eigenvalue weighted by atomic mass is 9.79. The number of nitrogens with zero attached hydrogens (tertiary/aromatic N) is 2. The van der Waals surface area contributed by atoms with Gasteiger partial charge in [-0.25, -0.2) is 9.97 Å². The van der Waals surface area contributed by atoms with Crippen molar-refractivity contribution in [3.05, 3.63) is 6.33 Å². The summed E-state index contributed by atoms with van der Waals surface area (Å²) in [5, 5.41) is 12.7. The summed E-state index contributed by atoms with van der Waals surface area (Å²) in [6.45, 7) is 1.04. The molecule has 2 atom stereocenters. The molecule has 4 N–H and O–H groups in total. The van der Waals surface area contributed by atoms with Gasteiger partial charge in [0.15, 0.2) is 11.6 Å². The number of hydrogen-bond donors (Lipinski definition) is 3. The van der Waals surface area contributed by atoms with Crippen LogP contribution in [-0.4, -0.2) is 35.3 Å². The molecule has 0 aliphatic heterocycles. The molecule has 0 bridgehead atoms. The van der Waals surface area contributed by atoms with Gasteiger partial charge in [-0.3, -0.25) is 0 Å². The van der Waals surface area contributed by atoms with Gasteiger partial charge in [0.05, 0.1) is 7.11 Å². The van der Waals surface area contributed by atoms with Crippen LogP contribution < -0.4 is 15.8 Å². The second-order valence-electron chi connectivity index (χ2n) is 5.01. The van der Waals surface area contributed by atoms with Crippen LogP contribution in [0.2, 0.25) is 0 Å². The number of rotatable bonds is 5. The molecule has 0 amide bonds. The fraction of sp³-hybridized carbons (Fsp3) is 0.692. The standard InChI is InChI=1S/C13H22N4O2/c1-19-11-12(14)16-8-17-13(11)15-6-9-4-2-3-5-10(9)7-18/h8-10,18H,2-7H2,1H3,(H3,14,15,16,17). The zero-order valence-corrected chi connectivity index (χ0v) is 11.3. The fourth-order valence-electron chi connectivity index (χ4n) is 2.74. The van der Waals surface area contributed by atoms with Gasteiger partial charge < -0.3 is 20.9 Å². The maximum atomic E-state index is 9.41. The van der Waals surface area contributed by atoms with Crippen molar-refractivity contribution in [1.82, 2.24) is 9.97 Å². The summed E-state index contributed by atoms with van der Waals surface area (Å²) in [6.07, 6.45) is 6.11. The number of hydrogen-bond acceptors (Lipinski definition) is 6. The van der Waals surface area contributed by atoms with Crippen LogP contribution in [0.15, 0.2) is 6.33 Å². The Morgan fingerprint density at radius 2 is 2.11 bits per heavy atom. The van der Waals surface area contributed by atoms with Crippen molar-refractivity contribution in [2.45, 2.75) is 25.7 Å². The molecule has 2 unspecified atom stereocenters. The van der Waals surface area contributed by atoms with E-state index in [1.165, 1.54) is 19.2 Å². The predicted octanol–water partition coefficient (Wildman–Crippen LogP) is 1.28. The Morgan fingerprint density at radius 1 is 1.37 bits per heavy atom. The van der Waals surface area contributed by atoms with E-state index in [0.717, 1.165) is 19.4 Å². The van der Waals surface area contributed by atoms with Gasteiger partial charge in [-0.1, -0.05) is 12.8 Å². The average molecular weight is 266 g/mol. The molecule has 6 heteroatoms. The predicted molar refractivity (Wildman–Crippen MR) is 74.0 cm³/mol. The van der Waals surface area contributed by atoms with Gasteiger partial charge in [-0.15, -0.1) is 0 Å². The third kappa shape index (κ3) is 3.26. The summed E-state index contributed by atoms with van der Waals surface area (Å²) in [5.41, 5.74) is 5.74. The van der Waals surface area contributed by atoms with Crippen molar-refractivity contribution in [3.63, 3.8) is 0 Å². The van der Waals surface area contributed by atoms with Gasteiger partial charge in [-0.2, -0.15) is 0 Å². The number of nitrogens with two attached hydrogens (primary N) is 1. The Kier molecular flexibility index (Phi) is 4.79. The molecule has 1 aliphatic carbocycles. The van der Waals surface area contributed by atoms with Crippen LogP contribution in [0, 0.1) is 11.8 Å². The number of aliphatic hydroxyl groups is 1. The Balaban J connectivity index is 2.00. The highest BCUT2D eigenvalue weighted by Gasteiger charge is 2.24. The van der Waals surface area contributed by atoms with Gasteiger partial charge in [0.1, 0.15) is 6.33 Å². The summed E-state index contributed by atoms with van der Waals surface area (Å²) >= 11 is 0. The minimum atomic E-state index is 0.259. The van der Waals surface area contributed by atoms with Gasteiger partial charge >= 0.3 is 0 Å². The quantitative estimate of drug-likeness (QED) is 0.743. The minimum Gasteiger partial charge on any atom is -0.490 e. The topological polar surface area (TPSA) is 93.3 Å². The summed E-state index contributed by atoms with van der Waals surface area (Å²) in [6, 6.07) is 0. The van der Waals surface area contributed by atoms with Crippen LogP contribution >= 0.6 is 0 Å². The molecule has 106 valence electrons. The van der Waals surface area contributed by atoms with Crippen LogP contribution in [0.3, 0.4) is 0 Å². The Labute approximate surface area is 113 Å². The van der Waals surface area contributed by atoms with Crippen LogP contribution in [-0.2, 0) is 0 Å². The van der Waals surface area contributed by atoms with Gasteiger partial charge in [0, 0.05) is 13.2 Å². The highest BCUT2D eigenvalue weighted by Crippen LogP contribution is 2.31. The smallest absolute Gasteiger partial charge is 0.203 e. The van der Waals surface area contributed by atoms with Crippen LogP contribution in [0.25, 0.3) is 0 Å². The molecule has 1 aromatic heterocycles. The fourth-order valence-corrected chi connectivity index (χ4v) is 2.74. The lowest BCUT2D eigenvalue weighted by molar-refractivity contribution is 0.141. The number of methoxy groups -OCH3 is 1. The number of nitrogen functional groups attached to an aromatic ring is 1. The normalized spacial score (nSPS) is 23.1. The maximum absolute atomic E-state index is 9.41. The number of anilines is 2. The first-order valence-electron chi connectivity index (χ1n) is 6.75. The Hall–Kier alpha value is -1.56. The van der Waals surface area contributed by atoms with Gasteiger partial charge in [0.25, 0.3) is 0 Å². The van der Waals surface area contributed by atoms with E-state index in [1.807, 2.05) is 0 Å². The summed E-state index contributed by atoms with van der Waals surface area (Å²) in [5.74, 6) is 2.30. The van der Waals surface area contributed by atoms with E-state index < -0.39 is 0 Å². The molecule has 0 aromatic carbocycles. The molecular formula is C13H22N4O2. The molecule has 1 aromatic rings. The molecule has 6 nitrogen and oxygen atoms in total. The lowest BCUT2D eigenvalue weighted by Crippen LogP contribution is -2.29. The molecule has 0 spiro atoms. The van der Waals surface area contributed by atoms with E-state index in [9.17, 15) is 5.11 Å². The van der Waals surface area contributed by atoms with Gasteiger partial charge in [0.2, 0.25) is 5.75 Å². The third-order valence-electron chi connectivity index (χ3n) is 3.87. The van der Waals surface area contributed by atoms with E-state index in [0.29, 0.717) is 29.2 Å². The van der Waals surface area contributed by atoms with Gasteiger partial charge in [-0.05, 0) is 24.7 Å². The Bertz CT molecular complexity index is 414. The highest BCUT2D eigenvalue weighted by molar-refractivity contribution is 5.61. The summed E-state index contributed by atoms with van der Waals surface area (Å²) in [7, 11) is 1.55. The second kappa shape index (κ2) is 6.56. The lowest BCUT2D eigenvalue weighted by Gasteiger charge is -2.30. The van der Waals surface area contributed by atoms with Crippen LogP contribution in [0.1, 0.15) is 25.7 Å². The largest absolute Gasteiger partial charge is 0.490 e. The molecule has 2 rings (SSSR count). The minimum absolute atomic E-state index is 0.259. The zero-order valence-electron chi connectivity index (χ0n) is 11.3. The van der Waals surface area contributed by atoms with Crippen molar-refractivity contribution in [2.75, 3.05) is 31.3 Å². The molecule has 0 saturated heterocycles. The molecule has 0 radical (unpaired) electrons. The average Bonchev–Trinajstić information content (AvgIpc) is 2.45. The van der Waals surface area contributed by atoms with E-state index >= 15 is 0 Å². The summed E-state index contributed by atoms with van der Waals surface area (Å²) in [4.78, 5) is 8.05. The SMILES string of the molecule is COc1c(N)ncnc1NCC1CCCCC1CO. The molecular weight excluding hydrogens is 244 g/mol. The summed E-state index contributed by atoms with van der Waals surface area (Å²) < 4.78 is 5.21. The monoisotopic (exact) mass is 266 g/mol. The first kappa shape index (κ1) is 13.9. The molecule has 1 heterocycles. The third-order valence-corrected chi connectivity index (χ3v) is 3.87. The zero-order chi connectivity index (χ0) is 13.7. The number of aliphatic hydroxyl groups excluding tert-OH is 1. The Morgan fingerprint density at radius 3 is 2.79 bits per heavy atom. The van der Waals surface area contributed by atoms with Crippen LogP contribution in [0.5, 0.6) is 5.75 Å². The number of aromatic nitrogens is 2. The van der Waals surface area contributed by atoms with Crippen molar-refractivity contribution in [3.8, 4) is 5.75 Å². The van der Waals surface area contributed by atoms with Crippen molar-refractivity contribution in [2.24, 2.45) is 11.8 Å². The van der Waals surface area contributed by atoms with E-state index in [1.54, 1.807) is 7.11 Å². The molecule has 1 saturated carbocycles. The molecule has 19 heavy (non-hydrogen) atoms. The van der Waals surface area contributed by atoms with Crippen molar-refractivity contribution >= 4 is 11.6 Å². The maximum Gasteiger partial charge on any atom is 0.203 e. The van der Waals surface area contributed by atoms with Crippen molar-refractivity contribution < 1.29 is 9.84 Å². The number of ether oxygens (including phenoxy) is 1. The van der Waals surface area contributed by atoms with Crippen LogP contribution in [0.4, 0.5) is 11.6 Å².